The van der Waals surface area contributed by atoms with Gasteiger partial charge < -0.3 is 14.5 Å². The molecular weight excluding hydrogens is 336 g/mol. The van der Waals surface area contributed by atoms with Crippen molar-refractivity contribution in [2.24, 2.45) is 5.92 Å². The molecule has 0 bridgehead atoms. The van der Waals surface area contributed by atoms with Gasteiger partial charge in [-0.15, -0.1) is 0 Å². The van der Waals surface area contributed by atoms with Crippen molar-refractivity contribution < 1.29 is 9.15 Å². The highest BCUT2D eigenvalue weighted by Crippen LogP contribution is 2.41. The maximum atomic E-state index is 6.53. The van der Waals surface area contributed by atoms with Crippen LogP contribution in [0.1, 0.15) is 62.0 Å². The smallest absolute Gasteiger partial charge is 0.235 e. The summed E-state index contributed by atoms with van der Waals surface area (Å²) in [6, 6.07) is 6.03. The summed E-state index contributed by atoms with van der Waals surface area (Å²) in [5, 5.41) is 4.20. The Morgan fingerprint density at radius 2 is 2.08 bits per heavy atom. The van der Waals surface area contributed by atoms with E-state index in [4.69, 9.17) is 20.8 Å². The zero-order chi connectivity index (χ0) is 17.1. The van der Waals surface area contributed by atoms with Crippen LogP contribution in [-0.2, 0) is 0 Å². The second-order valence-electron chi connectivity index (χ2n) is 7.18. The first kappa shape index (κ1) is 16.9. The van der Waals surface area contributed by atoms with E-state index < -0.39 is 0 Å². The Hall–Kier alpha value is -1.52. The standard InChI is InChI=1S/C20H25ClN2O2/c21-16-6-7-18(17(12-16)14-4-2-1-3-5-14)25-19(15-8-9-22-13-15)20-23-10-11-24-20/h6-7,10-12,14-15,19,22H,1-5,8-9,13H2/t15?,19-/m0/s1. The van der Waals surface area contributed by atoms with Gasteiger partial charge in [0.25, 0.3) is 0 Å². The lowest BCUT2D eigenvalue weighted by atomic mass is 9.83. The van der Waals surface area contributed by atoms with Gasteiger partial charge in [0.1, 0.15) is 12.0 Å². The van der Waals surface area contributed by atoms with Crippen LogP contribution in [0.3, 0.4) is 0 Å². The maximum absolute atomic E-state index is 6.53. The van der Waals surface area contributed by atoms with Crippen LogP contribution in [0.5, 0.6) is 5.75 Å². The van der Waals surface area contributed by atoms with Gasteiger partial charge >= 0.3 is 0 Å². The van der Waals surface area contributed by atoms with Crippen molar-refractivity contribution in [1.29, 1.82) is 0 Å². The van der Waals surface area contributed by atoms with Crippen molar-refractivity contribution in [3.05, 3.63) is 47.1 Å². The van der Waals surface area contributed by atoms with Crippen molar-refractivity contribution in [3.63, 3.8) is 0 Å². The predicted molar refractivity (Wildman–Crippen MR) is 98.1 cm³/mol. The number of hydrogen-bond donors (Lipinski definition) is 1. The van der Waals surface area contributed by atoms with Crippen molar-refractivity contribution in [1.82, 2.24) is 10.3 Å². The van der Waals surface area contributed by atoms with Gasteiger partial charge in [0.05, 0.1) is 6.20 Å². The zero-order valence-corrected chi connectivity index (χ0v) is 15.2. The molecule has 1 saturated heterocycles. The van der Waals surface area contributed by atoms with Gasteiger partial charge in [-0.05, 0) is 55.5 Å². The lowest BCUT2D eigenvalue weighted by Crippen LogP contribution is -2.22. The molecule has 2 fully saturated rings. The third kappa shape index (κ3) is 3.85. The zero-order valence-electron chi connectivity index (χ0n) is 14.4. The number of nitrogens with one attached hydrogen (secondary N) is 1. The third-order valence-corrected chi connectivity index (χ3v) is 5.73. The third-order valence-electron chi connectivity index (χ3n) is 5.49. The lowest BCUT2D eigenvalue weighted by molar-refractivity contribution is 0.112. The molecule has 134 valence electrons. The molecule has 1 aliphatic carbocycles. The van der Waals surface area contributed by atoms with Crippen LogP contribution in [0.25, 0.3) is 0 Å². The SMILES string of the molecule is Clc1ccc(O[C@H](c2ncco2)C2CCNC2)c(C2CCCCC2)c1. The number of benzene rings is 1. The quantitative estimate of drug-likeness (QED) is 0.805. The van der Waals surface area contributed by atoms with E-state index >= 15 is 0 Å². The van der Waals surface area contributed by atoms with Crippen molar-refractivity contribution in [2.75, 3.05) is 13.1 Å². The van der Waals surface area contributed by atoms with Crippen LogP contribution < -0.4 is 10.1 Å². The number of rotatable bonds is 5. The van der Waals surface area contributed by atoms with E-state index in [0.717, 1.165) is 30.3 Å². The Morgan fingerprint density at radius 3 is 2.80 bits per heavy atom. The molecule has 2 aliphatic rings. The van der Waals surface area contributed by atoms with Gasteiger partial charge in [0.15, 0.2) is 6.10 Å². The molecule has 25 heavy (non-hydrogen) atoms. The van der Waals surface area contributed by atoms with Gasteiger partial charge in [-0.1, -0.05) is 30.9 Å². The van der Waals surface area contributed by atoms with Crippen LogP contribution in [0, 0.1) is 5.92 Å². The summed E-state index contributed by atoms with van der Waals surface area (Å²) in [6.07, 6.45) is 10.6. The largest absolute Gasteiger partial charge is 0.480 e. The van der Waals surface area contributed by atoms with Crippen LogP contribution in [0.15, 0.2) is 35.1 Å². The summed E-state index contributed by atoms with van der Waals surface area (Å²) >= 11 is 6.30. The van der Waals surface area contributed by atoms with Crippen LogP contribution in [0.4, 0.5) is 0 Å². The Labute approximate surface area is 153 Å². The molecule has 2 atom stereocenters. The molecule has 4 nitrogen and oxygen atoms in total. The first-order valence-electron chi connectivity index (χ1n) is 9.37. The van der Waals surface area contributed by atoms with Crippen LogP contribution in [-0.4, -0.2) is 18.1 Å². The van der Waals surface area contributed by atoms with Gasteiger partial charge in [-0.25, -0.2) is 4.98 Å². The average molecular weight is 361 g/mol. The van der Waals surface area contributed by atoms with Crippen LogP contribution in [0.2, 0.25) is 5.02 Å². The van der Waals surface area contributed by atoms with Crippen molar-refractivity contribution in [3.8, 4) is 5.75 Å². The molecule has 1 aromatic heterocycles. The van der Waals surface area contributed by atoms with E-state index in [9.17, 15) is 0 Å². The van der Waals surface area contributed by atoms with E-state index in [2.05, 4.69) is 16.4 Å². The first-order valence-corrected chi connectivity index (χ1v) is 9.75. The number of aromatic nitrogens is 1. The van der Waals surface area contributed by atoms with Crippen molar-refractivity contribution in [2.45, 2.75) is 50.5 Å². The van der Waals surface area contributed by atoms with E-state index in [1.54, 1.807) is 12.5 Å². The number of hydrogen-bond acceptors (Lipinski definition) is 4. The summed E-state index contributed by atoms with van der Waals surface area (Å²) in [5.74, 6) is 2.51. The normalized spacial score (nSPS) is 22.8. The average Bonchev–Trinajstić information content (AvgIpc) is 3.35. The molecule has 4 rings (SSSR count). The number of nitrogens with zero attached hydrogens (tertiary/aromatic N) is 1. The fourth-order valence-electron chi connectivity index (χ4n) is 4.15. The van der Waals surface area contributed by atoms with E-state index in [0.29, 0.717) is 17.7 Å². The first-order chi connectivity index (χ1) is 12.3. The van der Waals surface area contributed by atoms with E-state index in [1.807, 2.05) is 12.1 Å². The Morgan fingerprint density at radius 1 is 1.20 bits per heavy atom. The van der Waals surface area contributed by atoms with E-state index in [1.165, 1.54) is 37.7 Å². The summed E-state index contributed by atoms with van der Waals surface area (Å²) in [4.78, 5) is 4.37. The molecule has 0 radical (unpaired) electrons. The van der Waals surface area contributed by atoms with Gasteiger partial charge in [0, 0.05) is 17.5 Å². The highest BCUT2D eigenvalue weighted by atomic mass is 35.5. The molecule has 1 saturated carbocycles. The minimum Gasteiger partial charge on any atom is -0.480 e. The highest BCUT2D eigenvalue weighted by molar-refractivity contribution is 6.30. The van der Waals surface area contributed by atoms with Gasteiger partial charge in [-0.3, -0.25) is 0 Å². The Balaban J connectivity index is 1.63. The molecule has 1 N–H and O–H groups in total. The Kier molecular flexibility index (Phi) is 5.28. The summed E-state index contributed by atoms with van der Waals surface area (Å²) in [7, 11) is 0. The molecule has 0 amide bonds. The van der Waals surface area contributed by atoms with Crippen molar-refractivity contribution >= 4 is 11.6 Å². The van der Waals surface area contributed by atoms with Gasteiger partial charge in [0.2, 0.25) is 5.89 Å². The highest BCUT2D eigenvalue weighted by Gasteiger charge is 2.32. The molecular formula is C20H25ClN2O2. The predicted octanol–water partition coefficient (Wildman–Crippen LogP) is 5.11. The fourth-order valence-corrected chi connectivity index (χ4v) is 4.34. The second-order valence-corrected chi connectivity index (χ2v) is 7.62. The molecule has 0 spiro atoms. The fraction of sp³-hybridized carbons (Fsp3) is 0.550. The molecule has 1 aliphatic heterocycles. The number of halogens is 1. The topological polar surface area (TPSA) is 47.3 Å². The molecule has 1 aromatic carbocycles. The summed E-state index contributed by atoms with van der Waals surface area (Å²) in [6.45, 7) is 1.95. The van der Waals surface area contributed by atoms with Crippen LogP contribution >= 0.6 is 11.6 Å². The molecule has 2 heterocycles. The molecule has 2 aromatic rings. The monoisotopic (exact) mass is 360 g/mol. The molecule has 1 unspecified atom stereocenters. The number of ether oxygens (including phenoxy) is 1. The number of oxazole rings is 1. The summed E-state index contributed by atoms with van der Waals surface area (Å²) < 4.78 is 12.1. The second kappa shape index (κ2) is 7.79. The Bertz CT molecular complexity index is 677. The lowest BCUT2D eigenvalue weighted by Gasteiger charge is -2.27. The molecule has 5 heteroatoms. The maximum Gasteiger partial charge on any atom is 0.235 e. The minimum atomic E-state index is -0.159. The minimum absolute atomic E-state index is 0.159. The van der Waals surface area contributed by atoms with Gasteiger partial charge in [-0.2, -0.15) is 0 Å². The summed E-state index contributed by atoms with van der Waals surface area (Å²) in [5.41, 5.74) is 1.25. The van der Waals surface area contributed by atoms with E-state index in [-0.39, 0.29) is 6.10 Å².